The number of nitrogens with zero attached hydrogens (tertiary/aromatic N) is 4. The van der Waals surface area contributed by atoms with Crippen LogP contribution >= 0.6 is 0 Å². The van der Waals surface area contributed by atoms with E-state index in [9.17, 15) is 4.79 Å². The molecule has 0 aliphatic heterocycles. The van der Waals surface area contributed by atoms with Crippen molar-refractivity contribution in [3.8, 4) is 17.1 Å². The molecule has 28 heavy (non-hydrogen) atoms. The Bertz CT molecular complexity index is 1160. The average molecular weight is 377 g/mol. The minimum atomic E-state index is -0.236. The topological polar surface area (TPSA) is 110 Å². The Morgan fingerprint density at radius 1 is 1.25 bits per heavy atom. The maximum atomic E-state index is 12.4. The van der Waals surface area contributed by atoms with E-state index in [4.69, 9.17) is 4.74 Å². The first-order valence-corrected chi connectivity index (χ1v) is 8.60. The van der Waals surface area contributed by atoms with Crippen LogP contribution < -0.4 is 15.4 Å². The van der Waals surface area contributed by atoms with Crippen LogP contribution in [-0.2, 0) is 7.05 Å². The van der Waals surface area contributed by atoms with E-state index in [0.29, 0.717) is 34.2 Å². The highest BCUT2D eigenvalue weighted by molar-refractivity contribution is 6.07. The van der Waals surface area contributed by atoms with Crippen molar-refractivity contribution in [3.63, 3.8) is 0 Å². The van der Waals surface area contributed by atoms with Gasteiger partial charge in [-0.05, 0) is 18.2 Å². The van der Waals surface area contributed by atoms with Crippen LogP contribution in [0.25, 0.3) is 22.4 Å². The van der Waals surface area contributed by atoms with E-state index in [0.717, 1.165) is 10.9 Å². The van der Waals surface area contributed by atoms with Crippen molar-refractivity contribution in [2.24, 2.45) is 7.05 Å². The number of amides is 1. The number of ether oxygens (including phenoxy) is 1. The van der Waals surface area contributed by atoms with E-state index in [2.05, 4.69) is 30.7 Å². The van der Waals surface area contributed by atoms with Crippen LogP contribution in [0.4, 0.5) is 11.4 Å². The summed E-state index contributed by atoms with van der Waals surface area (Å²) in [5, 5.41) is 11.1. The number of rotatable bonds is 5. The van der Waals surface area contributed by atoms with Crippen molar-refractivity contribution in [2.45, 2.75) is 0 Å². The van der Waals surface area contributed by atoms with Crippen LogP contribution in [0.3, 0.4) is 0 Å². The van der Waals surface area contributed by atoms with Crippen molar-refractivity contribution in [1.29, 1.82) is 0 Å². The quantitative estimate of drug-likeness (QED) is 0.493. The van der Waals surface area contributed by atoms with Crippen molar-refractivity contribution in [1.82, 2.24) is 30.0 Å². The van der Waals surface area contributed by atoms with Gasteiger partial charge < -0.3 is 20.4 Å². The van der Waals surface area contributed by atoms with E-state index in [1.807, 2.05) is 24.3 Å². The minimum Gasteiger partial charge on any atom is -0.494 e. The molecule has 4 rings (SSSR count). The van der Waals surface area contributed by atoms with Gasteiger partial charge in [-0.3, -0.25) is 9.48 Å². The molecule has 0 spiro atoms. The summed E-state index contributed by atoms with van der Waals surface area (Å²) in [4.78, 5) is 24.1. The van der Waals surface area contributed by atoms with Gasteiger partial charge in [0.15, 0.2) is 11.6 Å². The number of pyridine rings is 1. The normalized spacial score (nSPS) is 10.8. The summed E-state index contributed by atoms with van der Waals surface area (Å²) in [6.07, 6.45) is 4.95. The lowest BCUT2D eigenvalue weighted by molar-refractivity contribution is 0.0963. The molecule has 0 saturated heterocycles. The van der Waals surface area contributed by atoms with Gasteiger partial charge in [-0.1, -0.05) is 6.07 Å². The van der Waals surface area contributed by atoms with Gasteiger partial charge in [-0.2, -0.15) is 5.10 Å². The Morgan fingerprint density at radius 3 is 2.82 bits per heavy atom. The van der Waals surface area contributed by atoms with E-state index < -0.39 is 0 Å². The zero-order valence-corrected chi connectivity index (χ0v) is 15.6. The molecule has 142 valence electrons. The third kappa shape index (κ3) is 2.92. The van der Waals surface area contributed by atoms with Crippen LogP contribution in [0.1, 0.15) is 10.4 Å². The first kappa shape index (κ1) is 17.5. The molecule has 0 bridgehead atoms. The Labute approximate surface area is 160 Å². The number of carbonyl (C=O) groups excluding carboxylic acids is 1. The number of aryl methyl sites for hydroxylation is 1. The maximum Gasteiger partial charge on any atom is 0.254 e. The number of nitrogens with one attached hydrogen (secondary N) is 3. The van der Waals surface area contributed by atoms with Gasteiger partial charge in [0.25, 0.3) is 5.91 Å². The molecular formula is C19H19N7O2. The van der Waals surface area contributed by atoms with Crippen molar-refractivity contribution in [2.75, 3.05) is 19.5 Å². The second-order valence-electron chi connectivity index (χ2n) is 6.12. The van der Waals surface area contributed by atoms with Gasteiger partial charge in [0.2, 0.25) is 0 Å². The molecule has 3 heterocycles. The summed E-state index contributed by atoms with van der Waals surface area (Å²) >= 11 is 0. The second-order valence-corrected chi connectivity index (χ2v) is 6.12. The van der Waals surface area contributed by atoms with Crippen molar-refractivity contribution >= 4 is 28.3 Å². The average Bonchev–Trinajstić information content (AvgIpc) is 3.36. The lowest BCUT2D eigenvalue weighted by Gasteiger charge is -2.16. The highest BCUT2D eigenvalue weighted by Gasteiger charge is 2.19. The van der Waals surface area contributed by atoms with Crippen LogP contribution in [0.15, 0.2) is 43.0 Å². The number of H-pyrrole nitrogens is 1. The number of benzene rings is 1. The number of anilines is 2. The molecule has 0 aliphatic carbocycles. The van der Waals surface area contributed by atoms with Gasteiger partial charge in [-0.25, -0.2) is 9.97 Å². The van der Waals surface area contributed by atoms with E-state index in [1.54, 1.807) is 38.4 Å². The molecule has 3 aromatic heterocycles. The molecule has 4 aromatic rings. The van der Waals surface area contributed by atoms with Gasteiger partial charge in [0.05, 0.1) is 29.6 Å². The summed E-state index contributed by atoms with van der Waals surface area (Å²) in [5.74, 6) is 0.896. The largest absolute Gasteiger partial charge is 0.494 e. The first-order chi connectivity index (χ1) is 13.6. The molecule has 3 N–H and O–H groups in total. The van der Waals surface area contributed by atoms with E-state index >= 15 is 0 Å². The van der Waals surface area contributed by atoms with Crippen LogP contribution in [0, 0.1) is 0 Å². The van der Waals surface area contributed by atoms with E-state index in [1.165, 1.54) is 6.20 Å². The predicted octanol–water partition coefficient (Wildman–Crippen LogP) is 2.47. The predicted molar refractivity (Wildman–Crippen MR) is 106 cm³/mol. The standard InChI is InChI=1S/C19H19N7O2/c1-20-19(27)13-9-22-17-11(7-8-21-17)15(13)24-14-6-4-5-12(16(14)28-3)18-23-10-26(2)25-18/h4-10H,1-3H3,(H,20,27)(H2,21,22,24). The van der Waals surface area contributed by atoms with Gasteiger partial charge in [0.1, 0.15) is 12.0 Å². The molecule has 0 unspecified atom stereocenters. The van der Waals surface area contributed by atoms with Crippen LogP contribution in [0.2, 0.25) is 0 Å². The fourth-order valence-electron chi connectivity index (χ4n) is 3.08. The van der Waals surface area contributed by atoms with Crippen molar-refractivity contribution < 1.29 is 9.53 Å². The maximum absolute atomic E-state index is 12.4. The Kier molecular flexibility index (Phi) is 4.40. The summed E-state index contributed by atoms with van der Waals surface area (Å²) in [6, 6.07) is 7.51. The Balaban J connectivity index is 1.86. The molecule has 0 radical (unpaired) electrons. The SMILES string of the molecule is CNC(=O)c1cnc2[nH]ccc2c1Nc1cccc(-c2ncn(C)n2)c1OC. The smallest absolute Gasteiger partial charge is 0.254 e. The third-order valence-electron chi connectivity index (χ3n) is 4.38. The van der Waals surface area contributed by atoms with Crippen LogP contribution in [0.5, 0.6) is 5.75 Å². The molecular weight excluding hydrogens is 358 g/mol. The molecule has 9 nitrogen and oxygen atoms in total. The summed E-state index contributed by atoms with van der Waals surface area (Å²) in [6.45, 7) is 0. The highest BCUT2D eigenvalue weighted by Crippen LogP contribution is 2.38. The number of hydrogen-bond donors (Lipinski definition) is 3. The van der Waals surface area contributed by atoms with Crippen LogP contribution in [-0.4, -0.2) is 44.8 Å². The molecule has 0 atom stereocenters. The minimum absolute atomic E-state index is 0.236. The number of aromatic amines is 1. The number of hydrogen-bond acceptors (Lipinski definition) is 6. The third-order valence-corrected chi connectivity index (χ3v) is 4.38. The number of carbonyl (C=O) groups is 1. The highest BCUT2D eigenvalue weighted by atomic mass is 16.5. The van der Waals surface area contributed by atoms with Gasteiger partial charge in [-0.15, -0.1) is 0 Å². The number of aromatic nitrogens is 5. The van der Waals surface area contributed by atoms with Gasteiger partial charge >= 0.3 is 0 Å². The zero-order valence-electron chi connectivity index (χ0n) is 15.6. The number of methoxy groups -OCH3 is 1. The number of para-hydroxylation sites is 1. The van der Waals surface area contributed by atoms with Gasteiger partial charge in [0, 0.05) is 31.9 Å². The fraction of sp³-hybridized carbons (Fsp3) is 0.158. The Morgan fingerprint density at radius 2 is 2.11 bits per heavy atom. The summed E-state index contributed by atoms with van der Waals surface area (Å²) in [5.41, 5.74) is 3.17. The molecule has 1 amide bonds. The fourth-order valence-corrected chi connectivity index (χ4v) is 3.08. The lowest BCUT2D eigenvalue weighted by atomic mass is 10.1. The first-order valence-electron chi connectivity index (χ1n) is 8.60. The second kappa shape index (κ2) is 7.03. The van der Waals surface area contributed by atoms with Crippen molar-refractivity contribution in [3.05, 3.63) is 48.5 Å². The molecule has 1 aromatic carbocycles. The van der Waals surface area contributed by atoms with E-state index in [-0.39, 0.29) is 5.91 Å². The molecule has 0 fully saturated rings. The zero-order chi connectivity index (χ0) is 19.7. The Hall–Kier alpha value is -3.88. The lowest BCUT2D eigenvalue weighted by Crippen LogP contribution is -2.19. The summed E-state index contributed by atoms with van der Waals surface area (Å²) < 4.78 is 7.29. The number of fused-ring (bicyclic) bond motifs is 1. The molecule has 0 saturated carbocycles. The monoisotopic (exact) mass is 377 g/mol. The molecule has 9 heteroatoms. The summed E-state index contributed by atoms with van der Waals surface area (Å²) in [7, 11) is 4.98. The molecule has 0 aliphatic rings.